The standard InChI is InChI=1S/C24H18S2/c1-3-7-23-15-19(9-11-21(23)5-1)17-25-13-14-26-18-20-10-12-22-6-2-4-8-24(22)16-20/h1-12,15-16H,17-18H2. The molecule has 0 nitrogen and oxygen atoms in total. The minimum absolute atomic E-state index is 0.925. The van der Waals surface area contributed by atoms with Crippen molar-refractivity contribution in [2.75, 3.05) is 0 Å². The van der Waals surface area contributed by atoms with Gasteiger partial charge in [-0.2, -0.15) is 0 Å². The summed E-state index contributed by atoms with van der Waals surface area (Å²) >= 11 is 3.34. The zero-order valence-corrected chi connectivity index (χ0v) is 15.9. The van der Waals surface area contributed by atoms with Crippen LogP contribution >= 0.6 is 23.5 Å². The van der Waals surface area contributed by atoms with Crippen molar-refractivity contribution < 1.29 is 0 Å². The highest BCUT2D eigenvalue weighted by atomic mass is 32.2. The second-order valence-corrected chi connectivity index (χ2v) is 7.71. The van der Waals surface area contributed by atoms with Crippen molar-refractivity contribution in [3.63, 3.8) is 0 Å². The van der Waals surface area contributed by atoms with Crippen LogP contribution in [0, 0.1) is 10.5 Å². The van der Waals surface area contributed by atoms with Crippen molar-refractivity contribution in [2.24, 2.45) is 0 Å². The van der Waals surface area contributed by atoms with Crippen LogP contribution in [-0.2, 0) is 11.5 Å². The minimum atomic E-state index is 0.925. The predicted octanol–water partition coefficient (Wildman–Crippen LogP) is 7.08. The van der Waals surface area contributed by atoms with E-state index < -0.39 is 0 Å². The van der Waals surface area contributed by atoms with Crippen LogP contribution in [0.15, 0.2) is 84.9 Å². The van der Waals surface area contributed by atoms with Crippen LogP contribution in [0.2, 0.25) is 0 Å². The highest BCUT2D eigenvalue weighted by Gasteiger charge is 1.97. The van der Waals surface area contributed by atoms with E-state index in [1.807, 2.05) is 0 Å². The Morgan fingerprint density at radius 2 is 0.923 bits per heavy atom. The normalized spacial score (nSPS) is 10.6. The highest BCUT2D eigenvalue weighted by Crippen LogP contribution is 2.21. The van der Waals surface area contributed by atoms with Gasteiger partial charge in [-0.1, -0.05) is 108 Å². The van der Waals surface area contributed by atoms with Crippen LogP contribution in [0.4, 0.5) is 0 Å². The van der Waals surface area contributed by atoms with E-state index in [0.29, 0.717) is 0 Å². The number of hydrogen-bond donors (Lipinski definition) is 0. The average molecular weight is 371 g/mol. The maximum atomic E-state index is 3.22. The van der Waals surface area contributed by atoms with E-state index in [9.17, 15) is 0 Å². The van der Waals surface area contributed by atoms with E-state index in [1.54, 1.807) is 23.5 Å². The highest BCUT2D eigenvalue weighted by molar-refractivity contribution is 8.06. The Morgan fingerprint density at radius 1 is 0.500 bits per heavy atom. The van der Waals surface area contributed by atoms with E-state index in [4.69, 9.17) is 0 Å². The SMILES string of the molecule is C(#CSCc1ccc2ccccc2c1)SCc1ccc2ccccc2c1. The fourth-order valence-electron chi connectivity index (χ4n) is 2.95. The van der Waals surface area contributed by atoms with Gasteiger partial charge >= 0.3 is 0 Å². The molecule has 126 valence electrons. The largest absolute Gasteiger partial charge is 0.0694 e. The van der Waals surface area contributed by atoms with Gasteiger partial charge in [0.05, 0.1) is 0 Å². The van der Waals surface area contributed by atoms with Gasteiger partial charge in [0.15, 0.2) is 0 Å². The molecule has 26 heavy (non-hydrogen) atoms. The third kappa shape index (κ3) is 4.25. The Morgan fingerprint density at radius 3 is 1.38 bits per heavy atom. The van der Waals surface area contributed by atoms with Gasteiger partial charge in [-0.05, 0) is 43.2 Å². The van der Waals surface area contributed by atoms with Crippen molar-refractivity contribution in [3.8, 4) is 10.5 Å². The van der Waals surface area contributed by atoms with Crippen molar-refractivity contribution in [1.82, 2.24) is 0 Å². The summed E-state index contributed by atoms with van der Waals surface area (Å²) in [6.07, 6.45) is 0. The van der Waals surface area contributed by atoms with Gasteiger partial charge in [-0.25, -0.2) is 0 Å². The maximum Gasteiger partial charge on any atom is 0.0309 e. The number of thioether (sulfide) groups is 2. The smallest absolute Gasteiger partial charge is 0.0309 e. The number of hydrogen-bond acceptors (Lipinski definition) is 2. The lowest BCUT2D eigenvalue weighted by molar-refractivity contribution is 1.45. The zero-order valence-electron chi connectivity index (χ0n) is 14.3. The third-order valence-electron chi connectivity index (χ3n) is 4.29. The predicted molar refractivity (Wildman–Crippen MR) is 118 cm³/mol. The van der Waals surface area contributed by atoms with E-state index in [1.165, 1.54) is 32.7 Å². The van der Waals surface area contributed by atoms with Crippen LogP contribution in [0.25, 0.3) is 21.5 Å². The molecule has 2 heteroatoms. The average Bonchev–Trinajstić information content (AvgIpc) is 2.70. The lowest BCUT2D eigenvalue weighted by Crippen LogP contribution is -1.80. The molecule has 4 aromatic rings. The molecule has 0 aromatic heterocycles. The Labute approximate surface area is 163 Å². The lowest BCUT2D eigenvalue weighted by atomic mass is 10.1. The van der Waals surface area contributed by atoms with Gasteiger partial charge in [0, 0.05) is 11.5 Å². The molecule has 0 heterocycles. The molecule has 0 saturated carbocycles. The van der Waals surface area contributed by atoms with Gasteiger partial charge in [-0.3, -0.25) is 0 Å². The summed E-state index contributed by atoms with van der Waals surface area (Å²) in [5.41, 5.74) is 2.64. The van der Waals surface area contributed by atoms with Crippen molar-refractivity contribution >= 4 is 45.1 Å². The molecule has 0 bridgehead atoms. The molecule has 0 amide bonds. The molecule has 0 N–H and O–H groups in total. The summed E-state index contributed by atoms with van der Waals surface area (Å²) in [5.74, 6) is 1.85. The molecule has 0 unspecified atom stereocenters. The summed E-state index contributed by atoms with van der Waals surface area (Å²) in [7, 11) is 0. The van der Waals surface area contributed by atoms with E-state index >= 15 is 0 Å². The monoisotopic (exact) mass is 370 g/mol. The van der Waals surface area contributed by atoms with E-state index in [2.05, 4.69) is 95.4 Å². The van der Waals surface area contributed by atoms with Crippen LogP contribution in [-0.4, -0.2) is 0 Å². The third-order valence-corrected chi connectivity index (χ3v) is 5.87. The summed E-state index contributed by atoms with van der Waals surface area (Å²) in [4.78, 5) is 0. The molecule has 0 aliphatic rings. The first-order valence-electron chi connectivity index (χ1n) is 8.57. The van der Waals surface area contributed by atoms with Crippen molar-refractivity contribution in [2.45, 2.75) is 11.5 Å². The van der Waals surface area contributed by atoms with Gasteiger partial charge < -0.3 is 0 Å². The second-order valence-electron chi connectivity index (χ2n) is 6.14. The molecule has 4 aromatic carbocycles. The molecule has 0 spiro atoms. The van der Waals surface area contributed by atoms with Gasteiger partial charge in [0.25, 0.3) is 0 Å². The molecule has 0 aliphatic carbocycles. The first-order chi connectivity index (χ1) is 12.9. The quantitative estimate of drug-likeness (QED) is 0.352. The van der Waals surface area contributed by atoms with Crippen LogP contribution in [0.5, 0.6) is 0 Å². The number of rotatable bonds is 4. The summed E-state index contributed by atoms with van der Waals surface area (Å²) < 4.78 is 0. The van der Waals surface area contributed by atoms with Crippen molar-refractivity contribution in [3.05, 3.63) is 96.1 Å². The summed E-state index contributed by atoms with van der Waals surface area (Å²) in [6, 6.07) is 30.2. The first kappa shape index (κ1) is 17.1. The van der Waals surface area contributed by atoms with E-state index in [-0.39, 0.29) is 0 Å². The van der Waals surface area contributed by atoms with Gasteiger partial charge in [-0.15, -0.1) is 0 Å². The van der Waals surface area contributed by atoms with Crippen molar-refractivity contribution in [1.29, 1.82) is 0 Å². The van der Waals surface area contributed by atoms with Crippen LogP contribution < -0.4 is 0 Å². The summed E-state index contributed by atoms with van der Waals surface area (Å²) in [6.45, 7) is 0. The zero-order chi connectivity index (χ0) is 17.6. The Balaban J connectivity index is 1.30. The van der Waals surface area contributed by atoms with Gasteiger partial charge in [0.1, 0.15) is 0 Å². The topological polar surface area (TPSA) is 0 Å². The maximum absolute atomic E-state index is 3.22. The molecule has 0 aliphatic heterocycles. The first-order valence-corrected chi connectivity index (χ1v) is 10.5. The Hall–Kier alpha value is -2.34. The van der Waals surface area contributed by atoms with Gasteiger partial charge in [0.2, 0.25) is 0 Å². The minimum Gasteiger partial charge on any atom is -0.0694 e. The van der Waals surface area contributed by atoms with E-state index in [0.717, 1.165) is 11.5 Å². The molecule has 0 radical (unpaired) electrons. The number of fused-ring (bicyclic) bond motifs is 2. The fourth-order valence-corrected chi connectivity index (χ4v) is 4.26. The molecule has 4 rings (SSSR count). The molecule has 0 atom stereocenters. The Bertz CT molecular complexity index is 1020. The number of benzene rings is 4. The molecule has 0 saturated heterocycles. The summed E-state index contributed by atoms with van der Waals surface area (Å²) in [5, 5.41) is 11.6. The fraction of sp³-hybridized carbons (Fsp3) is 0.0833. The Kier molecular flexibility index (Phi) is 5.50. The molecule has 0 fully saturated rings. The second kappa shape index (κ2) is 8.36. The lowest BCUT2D eigenvalue weighted by Gasteiger charge is -2.01. The molecular weight excluding hydrogens is 352 g/mol. The van der Waals surface area contributed by atoms with Crippen LogP contribution in [0.1, 0.15) is 11.1 Å². The molecular formula is C24H18S2. The van der Waals surface area contributed by atoms with Crippen LogP contribution in [0.3, 0.4) is 0 Å².